The Morgan fingerprint density at radius 3 is 2.50 bits per heavy atom. The molecule has 2 heteroatoms. The summed E-state index contributed by atoms with van der Waals surface area (Å²) in [7, 11) is 2.20. The van der Waals surface area contributed by atoms with Crippen molar-refractivity contribution in [2.24, 2.45) is 5.73 Å². The van der Waals surface area contributed by atoms with E-state index < -0.39 is 0 Å². The van der Waals surface area contributed by atoms with Crippen LogP contribution < -0.4 is 5.73 Å². The minimum absolute atomic E-state index is 0.597. The van der Waals surface area contributed by atoms with Crippen LogP contribution in [0.25, 0.3) is 0 Å². The Morgan fingerprint density at radius 2 is 1.88 bits per heavy atom. The monoisotopic (exact) mass is 220 g/mol. The molecule has 0 unspecified atom stereocenters. The molecule has 2 nitrogen and oxygen atoms in total. The minimum atomic E-state index is 0.597. The molecule has 0 heterocycles. The molecule has 0 bridgehead atoms. The predicted octanol–water partition coefficient (Wildman–Crippen LogP) is 2.29. The molecule has 1 aromatic rings. The van der Waals surface area contributed by atoms with Crippen LogP contribution in [0.5, 0.6) is 0 Å². The summed E-state index contributed by atoms with van der Waals surface area (Å²) >= 11 is 0. The van der Waals surface area contributed by atoms with Crippen molar-refractivity contribution < 1.29 is 0 Å². The molecule has 0 saturated heterocycles. The van der Waals surface area contributed by atoms with Crippen molar-refractivity contribution in [1.82, 2.24) is 4.90 Å². The zero-order valence-electron chi connectivity index (χ0n) is 10.5. The molecule has 0 aromatic heterocycles. The molecule has 1 atom stereocenters. The van der Waals surface area contributed by atoms with Gasteiger partial charge in [-0.1, -0.05) is 30.3 Å². The van der Waals surface area contributed by atoms with Crippen LogP contribution in [-0.2, 0) is 6.42 Å². The van der Waals surface area contributed by atoms with Crippen LogP contribution in [0.2, 0.25) is 0 Å². The van der Waals surface area contributed by atoms with Gasteiger partial charge in [0, 0.05) is 6.04 Å². The average Bonchev–Trinajstić information content (AvgIpc) is 2.30. The zero-order chi connectivity index (χ0) is 11.8. The fourth-order valence-electron chi connectivity index (χ4n) is 1.84. The van der Waals surface area contributed by atoms with E-state index >= 15 is 0 Å². The first-order chi connectivity index (χ1) is 7.74. The lowest BCUT2D eigenvalue weighted by Gasteiger charge is -2.24. The molecule has 0 radical (unpaired) electrons. The van der Waals surface area contributed by atoms with Gasteiger partial charge < -0.3 is 10.6 Å². The van der Waals surface area contributed by atoms with Crippen LogP contribution in [0.15, 0.2) is 30.3 Å². The third kappa shape index (κ3) is 4.77. The number of unbranched alkanes of at least 4 members (excludes halogenated alkanes) is 1. The first-order valence-electron chi connectivity index (χ1n) is 6.18. The number of rotatable bonds is 7. The van der Waals surface area contributed by atoms with Crippen molar-refractivity contribution in [1.29, 1.82) is 0 Å². The molecule has 0 saturated carbocycles. The molecule has 1 aromatic carbocycles. The molecule has 0 spiro atoms. The number of nitrogens with two attached hydrogens (primary N) is 1. The highest BCUT2D eigenvalue weighted by Gasteiger charge is 2.08. The summed E-state index contributed by atoms with van der Waals surface area (Å²) < 4.78 is 0. The Balaban J connectivity index is 2.31. The number of hydrogen-bond donors (Lipinski definition) is 1. The lowest BCUT2D eigenvalue weighted by molar-refractivity contribution is 0.252. The van der Waals surface area contributed by atoms with E-state index in [4.69, 9.17) is 5.73 Å². The first-order valence-corrected chi connectivity index (χ1v) is 6.18. The second kappa shape index (κ2) is 7.42. The number of hydrogen-bond acceptors (Lipinski definition) is 2. The quantitative estimate of drug-likeness (QED) is 0.714. The fourth-order valence-corrected chi connectivity index (χ4v) is 1.84. The van der Waals surface area contributed by atoms with Crippen LogP contribution >= 0.6 is 0 Å². The van der Waals surface area contributed by atoms with Crippen LogP contribution in [0.4, 0.5) is 0 Å². The largest absolute Gasteiger partial charge is 0.330 e. The molecule has 0 aliphatic carbocycles. The maximum atomic E-state index is 5.50. The third-order valence-corrected chi connectivity index (χ3v) is 3.09. The highest BCUT2D eigenvalue weighted by atomic mass is 15.1. The summed E-state index contributed by atoms with van der Waals surface area (Å²) in [5, 5.41) is 0. The molecular formula is C14H24N2. The van der Waals surface area contributed by atoms with E-state index in [1.165, 1.54) is 12.0 Å². The van der Waals surface area contributed by atoms with E-state index in [0.717, 1.165) is 25.9 Å². The standard InChI is InChI=1S/C14H24N2/c1-13(16(2)11-7-6-10-15)12-14-8-4-3-5-9-14/h3-5,8-9,13H,6-7,10-12,15H2,1-2H3/t13-/m0/s1. The van der Waals surface area contributed by atoms with Gasteiger partial charge in [0.2, 0.25) is 0 Å². The highest BCUT2D eigenvalue weighted by Crippen LogP contribution is 2.07. The van der Waals surface area contributed by atoms with Crippen LogP contribution in [0.3, 0.4) is 0 Å². The second-order valence-electron chi connectivity index (χ2n) is 4.52. The van der Waals surface area contributed by atoms with E-state index in [0.29, 0.717) is 6.04 Å². The Morgan fingerprint density at radius 1 is 1.19 bits per heavy atom. The van der Waals surface area contributed by atoms with Crippen molar-refractivity contribution in [2.45, 2.75) is 32.2 Å². The van der Waals surface area contributed by atoms with Crippen LogP contribution in [-0.4, -0.2) is 31.1 Å². The molecule has 90 valence electrons. The minimum Gasteiger partial charge on any atom is -0.330 e. The topological polar surface area (TPSA) is 29.3 Å². The van der Waals surface area contributed by atoms with Gasteiger partial charge in [-0.3, -0.25) is 0 Å². The van der Waals surface area contributed by atoms with Gasteiger partial charge in [-0.25, -0.2) is 0 Å². The summed E-state index contributed by atoms with van der Waals surface area (Å²) in [5.41, 5.74) is 6.91. The van der Waals surface area contributed by atoms with Gasteiger partial charge in [-0.15, -0.1) is 0 Å². The van der Waals surface area contributed by atoms with Gasteiger partial charge in [-0.05, 0) is 51.9 Å². The van der Waals surface area contributed by atoms with E-state index in [1.807, 2.05) is 0 Å². The molecule has 0 amide bonds. The van der Waals surface area contributed by atoms with Gasteiger partial charge >= 0.3 is 0 Å². The lowest BCUT2D eigenvalue weighted by atomic mass is 10.1. The van der Waals surface area contributed by atoms with Crippen molar-refractivity contribution >= 4 is 0 Å². The summed E-state index contributed by atoms with van der Waals surface area (Å²) in [6.45, 7) is 4.24. The van der Waals surface area contributed by atoms with E-state index in [1.54, 1.807) is 0 Å². The van der Waals surface area contributed by atoms with E-state index in [9.17, 15) is 0 Å². The van der Waals surface area contributed by atoms with E-state index in [-0.39, 0.29) is 0 Å². The normalized spacial score (nSPS) is 13.0. The third-order valence-electron chi connectivity index (χ3n) is 3.09. The Labute approximate surface area is 99.5 Å². The van der Waals surface area contributed by atoms with Gasteiger partial charge in [-0.2, -0.15) is 0 Å². The highest BCUT2D eigenvalue weighted by molar-refractivity contribution is 5.15. The van der Waals surface area contributed by atoms with Crippen molar-refractivity contribution in [3.05, 3.63) is 35.9 Å². The Hall–Kier alpha value is -0.860. The van der Waals surface area contributed by atoms with Crippen LogP contribution in [0.1, 0.15) is 25.3 Å². The SMILES string of the molecule is C[C@@H](Cc1ccccc1)N(C)CCCCN. The summed E-state index contributed by atoms with van der Waals surface area (Å²) in [6.07, 6.45) is 3.45. The maximum absolute atomic E-state index is 5.50. The van der Waals surface area contributed by atoms with Gasteiger partial charge in [0.05, 0.1) is 0 Å². The predicted molar refractivity (Wildman–Crippen MR) is 70.5 cm³/mol. The average molecular weight is 220 g/mol. The Bertz CT molecular complexity index is 271. The lowest BCUT2D eigenvalue weighted by Crippen LogP contribution is -2.32. The molecule has 1 rings (SSSR count). The first kappa shape index (κ1) is 13.2. The number of nitrogens with zero attached hydrogens (tertiary/aromatic N) is 1. The van der Waals surface area contributed by atoms with Crippen molar-refractivity contribution in [3.63, 3.8) is 0 Å². The number of benzene rings is 1. The summed E-state index contributed by atoms with van der Waals surface area (Å²) in [6, 6.07) is 11.3. The molecular weight excluding hydrogens is 196 g/mol. The molecule has 0 fully saturated rings. The van der Waals surface area contributed by atoms with Crippen molar-refractivity contribution in [3.8, 4) is 0 Å². The zero-order valence-corrected chi connectivity index (χ0v) is 10.5. The number of likely N-dealkylation sites (N-methyl/N-ethyl adjacent to an activating group) is 1. The molecule has 16 heavy (non-hydrogen) atoms. The summed E-state index contributed by atoms with van der Waals surface area (Å²) in [4.78, 5) is 2.42. The van der Waals surface area contributed by atoms with Crippen LogP contribution in [0, 0.1) is 0 Å². The molecule has 0 aliphatic heterocycles. The van der Waals surface area contributed by atoms with Gasteiger partial charge in [0.25, 0.3) is 0 Å². The second-order valence-corrected chi connectivity index (χ2v) is 4.52. The molecule has 0 aliphatic rings. The van der Waals surface area contributed by atoms with Crippen molar-refractivity contribution in [2.75, 3.05) is 20.1 Å². The van der Waals surface area contributed by atoms with Gasteiger partial charge in [0.15, 0.2) is 0 Å². The summed E-state index contributed by atoms with van der Waals surface area (Å²) in [5.74, 6) is 0. The Kier molecular flexibility index (Phi) is 6.12. The van der Waals surface area contributed by atoms with E-state index in [2.05, 4.69) is 49.2 Å². The fraction of sp³-hybridized carbons (Fsp3) is 0.571. The van der Waals surface area contributed by atoms with Gasteiger partial charge in [0.1, 0.15) is 0 Å². The molecule has 2 N–H and O–H groups in total. The smallest absolute Gasteiger partial charge is 0.0104 e. The maximum Gasteiger partial charge on any atom is 0.0104 e.